The first kappa shape index (κ1) is 17.8. The zero-order valence-corrected chi connectivity index (χ0v) is 14.4. The Balaban J connectivity index is 1.94. The SMILES string of the molecule is CN(c1ccc(OCC(=O)OC(C)(C)C)cc1)N1C(=O)CCC1=O. The van der Waals surface area contributed by atoms with Crippen LogP contribution in [0.3, 0.4) is 0 Å². The number of anilines is 1. The Hall–Kier alpha value is -2.57. The Morgan fingerprint density at radius 2 is 1.67 bits per heavy atom. The van der Waals surface area contributed by atoms with Gasteiger partial charge >= 0.3 is 5.97 Å². The van der Waals surface area contributed by atoms with E-state index < -0.39 is 11.6 Å². The smallest absolute Gasteiger partial charge is 0.344 e. The molecule has 0 N–H and O–H groups in total. The fraction of sp³-hybridized carbons (Fsp3) is 0.471. The number of hydrogen-bond donors (Lipinski definition) is 0. The second-order valence-corrected chi connectivity index (χ2v) is 6.49. The van der Waals surface area contributed by atoms with Crippen molar-refractivity contribution in [1.29, 1.82) is 0 Å². The predicted molar refractivity (Wildman–Crippen MR) is 87.3 cm³/mol. The van der Waals surface area contributed by atoms with E-state index >= 15 is 0 Å². The maximum Gasteiger partial charge on any atom is 0.344 e. The molecule has 1 aliphatic heterocycles. The Morgan fingerprint density at radius 3 is 2.17 bits per heavy atom. The molecule has 1 heterocycles. The predicted octanol–water partition coefficient (Wildman–Crippen LogP) is 1.91. The summed E-state index contributed by atoms with van der Waals surface area (Å²) in [5.74, 6) is -0.380. The van der Waals surface area contributed by atoms with Crippen LogP contribution in [0.5, 0.6) is 5.75 Å². The third kappa shape index (κ3) is 4.47. The molecule has 0 aliphatic carbocycles. The minimum absolute atomic E-state index is 0.185. The average Bonchev–Trinajstić information content (AvgIpc) is 2.82. The molecule has 0 unspecified atom stereocenters. The second kappa shape index (κ2) is 6.90. The molecule has 2 rings (SSSR count). The van der Waals surface area contributed by atoms with Gasteiger partial charge in [-0.3, -0.25) is 14.6 Å². The number of hydrazine groups is 1. The van der Waals surface area contributed by atoms with Gasteiger partial charge in [0.2, 0.25) is 11.8 Å². The molecule has 1 fully saturated rings. The Kier molecular flexibility index (Phi) is 5.11. The maximum atomic E-state index is 11.7. The molecule has 2 amide bonds. The largest absolute Gasteiger partial charge is 0.482 e. The fourth-order valence-corrected chi connectivity index (χ4v) is 2.29. The number of ether oxygens (including phenoxy) is 2. The first-order valence-corrected chi connectivity index (χ1v) is 7.71. The highest BCUT2D eigenvalue weighted by molar-refractivity contribution is 6.03. The van der Waals surface area contributed by atoms with E-state index in [-0.39, 0.29) is 31.3 Å². The molecule has 1 saturated heterocycles. The first-order valence-electron chi connectivity index (χ1n) is 7.71. The third-order valence-corrected chi connectivity index (χ3v) is 3.31. The summed E-state index contributed by atoms with van der Waals surface area (Å²) in [6.45, 7) is 5.18. The van der Waals surface area contributed by atoms with Gasteiger partial charge in [-0.25, -0.2) is 4.79 Å². The molecule has 0 atom stereocenters. The van der Waals surface area contributed by atoms with Gasteiger partial charge in [-0.15, -0.1) is 0 Å². The summed E-state index contributed by atoms with van der Waals surface area (Å²) in [6.07, 6.45) is 0.473. The van der Waals surface area contributed by atoms with E-state index in [4.69, 9.17) is 9.47 Å². The molecule has 130 valence electrons. The number of hydrogen-bond acceptors (Lipinski definition) is 6. The Morgan fingerprint density at radius 1 is 1.12 bits per heavy atom. The molecule has 0 bridgehead atoms. The average molecular weight is 334 g/mol. The number of esters is 1. The van der Waals surface area contributed by atoms with Gasteiger partial charge in [0.05, 0.1) is 5.69 Å². The number of imide groups is 1. The molecule has 0 aromatic heterocycles. The van der Waals surface area contributed by atoms with Gasteiger partial charge in [0.25, 0.3) is 0 Å². The summed E-state index contributed by atoms with van der Waals surface area (Å²) in [5, 5.41) is 2.64. The van der Waals surface area contributed by atoms with Gasteiger partial charge < -0.3 is 9.47 Å². The van der Waals surface area contributed by atoms with Crippen molar-refractivity contribution in [2.45, 2.75) is 39.2 Å². The Labute approximate surface area is 141 Å². The van der Waals surface area contributed by atoms with E-state index in [0.29, 0.717) is 11.4 Å². The van der Waals surface area contributed by atoms with Crippen LogP contribution >= 0.6 is 0 Å². The molecular formula is C17H22N2O5. The minimum atomic E-state index is -0.554. The van der Waals surface area contributed by atoms with Gasteiger partial charge in [0, 0.05) is 19.9 Å². The summed E-state index contributed by atoms with van der Waals surface area (Å²) < 4.78 is 10.5. The van der Waals surface area contributed by atoms with Crippen molar-refractivity contribution in [3.05, 3.63) is 24.3 Å². The van der Waals surface area contributed by atoms with Crippen LogP contribution in [0.4, 0.5) is 5.69 Å². The highest BCUT2D eigenvalue weighted by Crippen LogP contribution is 2.23. The molecule has 1 aromatic rings. The van der Waals surface area contributed by atoms with Crippen LogP contribution in [0.15, 0.2) is 24.3 Å². The van der Waals surface area contributed by atoms with E-state index in [1.807, 2.05) is 0 Å². The van der Waals surface area contributed by atoms with Crippen molar-refractivity contribution in [2.24, 2.45) is 0 Å². The lowest BCUT2D eigenvalue weighted by Crippen LogP contribution is -2.43. The van der Waals surface area contributed by atoms with Gasteiger partial charge in [-0.2, -0.15) is 5.01 Å². The molecule has 0 saturated carbocycles. The third-order valence-electron chi connectivity index (χ3n) is 3.31. The van der Waals surface area contributed by atoms with Crippen molar-refractivity contribution in [2.75, 3.05) is 18.7 Å². The number of carbonyl (C=O) groups excluding carboxylic acids is 3. The summed E-state index contributed by atoms with van der Waals surface area (Å²) >= 11 is 0. The number of rotatable bonds is 5. The van der Waals surface area contributed by atoms with Crippen molar-refractivity contribution >= 4 is 23.5 Å². The second-order valence-electron chi connectivity index (χ2n) is 6.49. The monoisotopic (exact) mass is 334 g/mol. The normalized spacial score (nSPS) is 14.8. The lowest BCUT2D eigenvalue weighted by Gasteiger charge is -2.27. The van der Waals surface area contributed by atoms with Crippen LogP contribution in [0, 0.1) is 0 Å². The van der Waals surface area contributed by atoms with Gasteiger partial charge in [-0.05, 0) is 45.0 Å². The van der Waals surface area contributed by atoms with E-state index in [0.717, 1.165) is 5.01 Å². The minimum Gasteiger partial charge on any atom is -0.482 e. The first-order chi connectivity index (χ1) is 11.2. The van der Waals surface area contributed by atoms with E-state index in [2.05, 4.69) is 0 Å². The number of carbonyl (C=O) groups is 3. The maximum absolute atomic E-state index is 11.7. The fourth-order valence-electron chi connectivity index (χ4n) is 2.29. The molecular weight excluding hydrogens is 312 g/mol. The van der Waals surface area contributed by atoms with Gasteiger partial charge in [0.1, 0.15) is 11.4 Å². The standard InChI is InChI=1S/C17H22N2O5/c1-17(2,3)24-16(22)11-23-13-7-5-12(6-8-13)18(4)19-14(20)9-10-15(19)21/h5-8H,9-11H2,1-4H3. The van der Waals surface area contributed by atoms with Crippen LogP contribution in [-0.2, 0) is 19.1 Å². The van der Waals surface area contributed by atoms with Crippen LogP contribution in [-0.4, -0.2) is 42.0 Å². The molecule has 24 heavy (non-hydrogen) atoms. The van der Waals surface area contributed by atoms with Gasteiger partial charge in [-0.1, -0.05) is 0 Å². The summed E-state index contributed by atoms with van der Waals surface area (Å²) in [7, 11) is 1.65. The lowest BCUT2D eigenvalue weighted by atomic mass is 10.2. The topological polar surface area (TPSA) is 76.2 Å². The van der Waals surface area contributed by atoms with Crippen molar-refractivity contribution in [3.8, 4) is 5.75 Å². The van der Waals surface area contributed by atoms with Crippen LogP contribution in [0.1, 0.15) is 33.6 Å². The summed E-state index contributed by atoms with van der Waals surface area (Å²) in [5.41, 5.74) is 0.116. The van der Waals surface area contributed by atoms with Crippen molar-refractivity contribution < 1.29 is 23.9 Å². The lowest BCUT2D eigenvalue weighted by molar-refractivity contribution is -0.157. The van der Waals surface area contributed by atoms with Crippen molar-refractivity contribution in [1.82, 2.24) is 5.01 Å². The van der Waals surface area contributed by atoms with E-state index in [9.17, 15) is 14.4 Å². The number of nitrogens with zero attached hydrogens (tertiary/aromatic N) is 2. The van der Waals surface area contributed by atoms with Crippen LogP contribution in [0.2, 0.25) is 0 Å². The molecule has 7 nitrogen and oxygen atoms in total. The number of benzene rings is 1. The molecule has 1 aromatic carbocycles. The zero-order valence-electron chi connectivity index (χ0n) is 14.4. The molecule has 0 spiro atoms. The van der Waals surface area contributed by atoms with Gasteiger partial charge in [0.15, 0.2) is 6.61 Å². The highest BCUT2D eigenvalue weighted by atomic mass is 16.6. The Bertz CT molecular complexity index is 617. The summed E-state index contributed by atoms with van der Waals surface area (Å²) in [6, 6.07) is 6.76. The molecule has 7 heteroatoms. The van der Waals surface area contributed by atoms with Crippen LogP contribution < -0.4 is 9.75 Å². The van der Waals surface area contributed by atoms with Crippen molar-refractivity contribution in [3.63, 3.8) is 0 Å². The zero-order chi connectivity index (χ0) is 17.9. The quantitative estimate of drug-likeness (QED) is 0.605. The van der Waals surface area contributed by atoms with E-state index in [1.165, 1.54) is 5.01 Å². The number of amides is 2. The summed E-state index contributed by atoms with van der Waals surface area (Å²) in [4.78, 5) is 35.1. The molecule has 1 aliphatic rings. The van der Waals surface area contributed by atoms with Crippen LogP contribution in [0.25, 0.3) is 0 Å². The highest BCUT2D eigenvalue weighted by Gasteiger charge is 2.32. The molecule has 0 radical (unpaired) electrons. The van der Waals surface area contributed by atoms with E-state index in [1.54, 1.807) is 52.1 Å².